The van der Waals surface area contributed by atoms with E-state index in [9.17, 15) is 18.3 Å². The fourth-order valence-electron chi connectivity index (χ4n) is 4.41. The van der Waals surface area contributed by atoms with E-state index in [1.807, 2.05) is 11.8 Å². The molecule has 2 aromatic rings. The summed E-state index contributed by atoms with van der Waals surface area (Å²) in [4.78, 5) is 14.5. The van der Waals surface area contributed by atoms with Crippen LogP contribution in [0.3, 0.4) is 0 Å². The Hall–Kier alpha value is -1.52. The van der Waals surface area contributed by atoms with Crippen LogP contribution >= 0.6 is 23.5 Å². The van der Waals surface area contributed by atoms with E-state index in [0.717, 1.165) is 35.1 Å². The first-order valence-corrected chi connectivity index (χ1v) is 14.6. The number of hydrogen-bond acceptors (Lipinski definition) is 6. The molecule has 0 unspecified atom stereocenters. The minimum Gasteiger partial charge on any atom is -0.480 e. The summed E-state index contributed by atoms with van der Waals surface area (Å²) in [6.45, 7) is 6.96. The molecule has 33 heavy (non-hydrogen) atoms. The lowest BCUT2D eigenvalue weighted by atomic mass is 10.0. The molecular weight excluding hydrogens is 476 g/mol. The zero-order chi connectivity index (χ0) is 23.6. The third kappa shape index (κ3) is 5.43. The number of carboxylic acids is 1. The second-order valence-corrected chi connectivity index (χ2v) is 13.8. The fraction of sp³-hybridized carbons (Fsp3) is 0.458. The SMILES string of the molecule is CC1(C)SCCN(S(=O)(=O)c2ccc(-c3ccc(CN4CCSCC4)cc3)cc2)[C@H]1C(=O)O. The zero-order valence-electron chi connectivity index (χ0n) is 18.9. The standard InChI is InChI=1S/C24H30N2O4S3/c1-24(2)22(23(27)28)26(13-16-32-24)33(29,30)21-9-7-20(8-10-21)19-5-3-18(4-6-19)17-25-11-14-31-15-12-25/h3-10,22H,11-17H2,1-2H3,(H,27,28)/t22-/m0/s1. The molecule has 1 N–H and O–H groups in total. The van der Waals surface area contributed by atoms with Crippen molar-refractivity contribution in [3.8, 4) is 11.1 Å². The van der Waals surface area contributed by atoms with Crippen molar-refractivity contribution in [2.24, 2.45) is 0 Å². The van der Waals surface area contributed by atoms with E-state index >= 15 is 0 Å². The first kappa shape index (κ1) is 24.6. The molecular formula is C24H30N2O4S3. The number of aliphatic carboxylic acids is 1. The second-order valence-electron chi connectivity index (χ2n) is 8.92. The van der Waals surface area contributed by atoms with Gasteiger partial charge in [-0.1, -0.05) is 36.4 Å². The molecule has 178 valence electrons. The van der Waals surface area contributed by atoms with Gasteiger partial charge in [0, 0.05) is 48.2 Å². The van der Waals surface area contributed by atoms with Gasteiger partial charge in [0.15, 0.2) is 0 Å². The largest absolute Gasteiger partial charge is 0.480 e. The topological polar surface area (TPSA) is 77.9 Å². The molecule has 2 fully saturated rings. The van der Waals surface area contributed by atoms with Crippen molar-refractivity contribution in [3.63, 3.8) is 0 Å². The Morgan fingerprint density at radius 1 is 0.970 bits per heavy atom. The number of hydrogen-bond donors (Lipinski definition) is 1. The summed E-state index contributed by atoms with van der Waals surface area (Å²) in [6, 6.07) is 14.1. The van der Waals surface area contributed by atoms with Crippen molar-refractivity contribution in [3.05, 3.63) is 54.1 Å². The number of benzene rings is 2. The summed E-state index contributed by atoms with van der Waals surface area (Å²) in [5, 5.41) is 9.75. The van der Waals surface area contributed by atoms with E-state index in [0.29, 0.717) is 5.75 Å². The fourth-order valence-corrected chi connectivity index (χ4v) is 8.48. The van der Waals surface area contributed by atoms with E-state index in [1.165, 1.54) is 28.8 Å². The van der Waals surface area contributed by atoms with Crippen molar-refractivity contribution >= 4 is 39.5 Å². The smallest absolute Gasteiger partial charge is 0.323 e. The zero-order valence-corrected chi connectivity index (χ0v) is 21.4. The van der Waals surface area contributed by atoms with Crippen LogP contribution in [0.4, 0.5) is 0 Å². The molecule has 0 aromatic heterocycles. The predicted octanol–water partition coefficient (Wildman–Crippen LogP) is 3.87. The molecule has 4 rings (SSSR count). The second kappa shape index (κ2) is 10.00. The molecule has 0 bridgehead atoms. The minimum absolute atomic E-state index is 0.125. The van der Waals surface area contributed by atoms with Crippen LogP contribution in [-0.4, -0.2) is 76.4 Å². The number of rotatable bonds is 6. The molecule has 2 aliphatic heterocycles. The number of thioether (sulfide) groups is 2. The molecule has 0 radical (unpaired) electrons. The quantitative estimate of drug-likeness (QED) is 0.637. The van der Waals surface area contributed by atoms with Gasteiger partial charge in [0.05, 0.1) is 4.90 Å². The highest BCUT2D eigenvalue weighted by Gasteiger charge is 2.48. The van der Waals surface area contributed by atoms with Crippen LogP contribution in [0, 0.1) is 0 Å². The number of carboxylic acid groups (broad SMARTS) is 1. The average molecular weight is 507 g/mol. The Kier molecular flexibility index (Phi) is 7.45. The van der Waals surface area contributed by atoms with Crippen molar-refractivity contribution in [1.82, 2.24) is 9.21 Å². The van der Waals surface area contributed by atoms with Crippen molar-refractivity contribution in [1.29, 1.82) is 0 Å². The maximum Gasteiger partial charge on any atom is 0.323 e. The highest BCUT2D eigenvalue weighted by Crippen LogP contribution is 2.38. The van der Waals surface area contributed by atoms with Crippen LogP contribution in [0.5, 0.6) is 0 Å². The van der Waals surface area contributed by atoms with Gasteiger partial charge in [-0.3, -0.25) is 9.69 Å². The predicted molar refractivity (Wildman–Crippen MR) is 136 cm³/mol. The molecule has 2 aromatic carbocycles. The van der Waals surface area contributed by atoms with Gasteiger partial charge < -0.3 is 5.11 Å². The summed E-state index contributed by atoms with van der Waals surface area (Å²) in [6.07, 6.45) is 0. The number of carbonyl (C=O) groups is 1. The van der Waals surface area contributed by atoms with Gasteiger partial charge in [0.2, 0.25) is 10.0 Å². The van der Waals surface area contributed by atoms with Gasteiger partial charge >= 0.3 is 5.97 Å². The van der Waals surface area contributed by atoms with Gasteiger partial charge in [-0.15, -0.1) is 0 Å². The molecule has 0 saturated carbocycles. The lowest BCUT2D eigenvalue weighted by Crippen LogP contribution is -2.58. The first-order valence-electron chi connectivity index (χ1n) is 11.1. The van der Waals surface area contributed by atoms with Crippen LogP contribution in [0.25, 0.3) is 11.1 Å². The normalized spacial score (nSPS) is 22.2. The number of nitrogens with zero attached hydrogens (tertiary/aromatic N) is 2. The highest BCUT2D eigenvalue weighted by molar-refractivity contribution is 8.01. The summed E-state index contributed by atoms with van der Waals surface area (Å²) in [5.41, 5.74) is 3.23. The van der Waals surface area contributed by atoms with Crippen LogP contribution in [-0.2, 0) is 21.4 Å². The Labute approximate surface area is 204 Å². The highest BCUT2D eigenvalue weighted by atomic mass is 32.2. The molecule has 1 atom stereocenters. The number of sulfonamides is 1. The van der Waals surface area contributed by atoms with Crippen LogP contribution < -0.4 is 0 Å². The molecule has 0 aliphatic carbocycles. The summed E-state index contributed by atoms with van der Waals surface area (Å²) < 4.78 is 27.1. The Morgan fingerprint density at radius 2 is 1.55 bits per heavy atom. The molecule has 2 aliphatic rings. The molecule has 6 nitrogen and oxygen atoms in total. The minimum atomic E-state index is -3.92. The van der Waals surface area contributed by atoms with Gasteiger partial charge in [0.1, 0.15) is 6.04 Å². The summed E-state index contributed by atoms with van der Waals surface area (Å²) >= 11 is 3.50. The Balaban J connectivity index is 1.51. The third-order valence-corrected chi connectivity index (χ3v) is 10.4. The maximum absolute atomic E-state index is 13.3. The molecule has 2 heterocycles. The summed E-state index contributed by atoms with van der Waals surface area (Å²) in [7, 11) is -3.92. The maximum atomic E-state index is 13.3. The van der Waals surface area contributed by atoms with E-state index in [2.05, 4.69) is 29.2 Å². The van der Waals surface area contributed by atoms with Crippen molar-refractivity contribution in [2.75, 3.05) is 36.9 Å². The van der Waals surface area contributed by atoms with E-state index in [1.54, 1.807) is 38.1 Å². The first-order chi connectivity index (χ1) is 15.7. The molecule has 2 saturated heterocycles. The van der Waals surface area contributed by atoms with Crippen LogP contribution in [0.15, 0.2) is 53.4 Å². The molecule has 0 spiro atoms. The summed E-state index contributed by atoms with van der Waals surface area (Å²) in [5.74, 6) is 1.83. The molecule has 0 amide bonds. The Bertz CT molecular complexity index is 1080. The van der Waals surface area contributed by atoms with Gasteiger partial charge in [0.25, 0.3) is 0 Å². The van der Waals surface area contributed by atoms with Gasteiger partial charge in [-0.2, -0.15) is 27.8 Å². The van der Waals surface area contributed by atoms with E-state index < -0.39 is 26.8 Å². The van der Waals surface area contributed by atoms with Crippen molar-refractivity contribution in [2.45, 2.75) is 36.1 Å². The van der Waals surface area contributed by atoms with E-state index in [4.69, 9.17) is 0 Å². The monoisotopic (exact) mass is 506 g/mol. The van der Waals surface area contributed by atoms with Gasteiger partial charge in [-0.25, -0.2) is 8.42 Å². The van der Waals surface area contributed by atoms with Crippen LogP contribution in [0.1, 0.15) is 19.4 Å². The Morgan fingerprint density at radius 3 is 2.12 bits per heavy atom. The van der Waals surface area contributed by atoms with E-state index in [-0.39, 0.29) is 11.4 Å². The van der Waals surface area contributed by atoms with Gasteiger partial charge in [-0.05, 0) is 42.7 Å². The molecule has 9 heteroatoms. The average Bonchev–Trinajstić information content (AvgIpc) is 2.79. The lowest BCUT2D eigenvalue weighted by molar-refractivity contribution is -0.142. The third-order valence-electron chi connectivity index (χ3n) is 6.22. The van der Waals surface area contributed by atoms with Crippen molar-refractivity contribution < 1.29 is 18.3 Å². The van der Waals surface area contributed by atoms with Crippen LogP contribution in [0.2, 0.25) is 0 Å². The lowest BCUT2D eigenvalue weighted by Gasteiger charge is -2.42.